The highest BCUT2D eigenvalue weighted by atomic mass is 32.2. The quantitative estimate of drug-likeness (QED) is 0.269. The van der Waals surface area contributed by atoms with E-state index < -0.39 is 54.0 Å². The molecule has 0 aliphatic carbocycles. The van der Waals surface area contributed by atoms with Crippen LogP contribution in [0.5, 0.6) is 0 Å². The Kier molecular flexibility index (Phi) is 9.43. The van der Waals surface area contributed by atoms with Gasteiger partial charge in [0.05, 0.1) is 18.2 Å². The molecular formula is C26H28N6O7S. The predicted molar refractivity (Wildman–Crippen MR) is 140 cm³/mol. The van der Waals surface area contributed by atoms with Crippen LogP contribution in [0.15, 0.2) is 53.9 Å². The van der Waals surface area contributed by atoms with Gasteiger partial charge in [-0.3, -0.25) is 33.8 Å². The summed E-state index contributed by atoms with van der Waals surface area (Å²) in [6.07, 6.45) is 2.96. The lowest BCUT2D eigenvalue weighted by Crippen LogP contribution is -2.64. The first-order valence-electron chi connectivity index (χ1n) is 12.7. The largest absolute Gasteiger partial charge is 0.481 e. The minimum absolute atomic E-state index is 0.0186. The van der Waals surface area contributed by atoms with Crippen molar-refractivity contribution in [1.82, 2.24) is 30.6 Å². The number of fused-ring (bicyclic) bond motifs is 1. The van der Waals surface area contributed by atoms with Crippen LogP contribution in [-0.2, 0) is 24.0 Å². The number of amides is 4. The fourth-order valence-corrected chi connectivity index (χ4v) is 5.26. The van der Waals surface area contributed by atoms with E-state index in [2.05, 4.69) is 20.6 Å². The van der Waals surface area contributed by atoms with Crippen molar-refractivity contribution in [2.75, 3.05) is 12.3 Å². The number of aromatic nitrogens is 2. The average Bonchev–Trinajstić information content (AvgIpc) is 3.08. The van der Waals surface area contributed by atoms with E-state index >= 15 is 0 Å². The second-order valence-corrected chi connectivity index (χ2v) is 10.2. The Morgan fingerprint density at radius 1 is 1.05 bits per heavy atom. The number of ketones is 1. The highest BCUT2D eigenvalue weighted by Gasteiger charge is 2.45. The fraction of sp³-hybridized carbons (Fsp3) is 0.385. The minimum atomic E-state index is -1.37. The Labute approximate surface area is 233 Å². The zero-order valence-corrected chi connectivity index (χ0v) is 22.2. The topological polar surface area (TPSA) is 179 Å². The van der Waals surface area contributed by atoms with Crippen LogP contribution in [0.25, 0.3) is 0 Å². The maximum atomic E-state index is 13.6. The number of rotatable bonds is 10. The number of carbonyl (C=O) groups is 6. The van der Waals surface area contributed by atoms with Crippen molar-refractivity contribution in [3.05, 3.63) is 54.4 Å². The van der Waals surface area contributed by atoms with Crippen molar-refractivity contribution >= 4 is 47.1 Å². The molecule has 4 rings (SSSR count). The molecule has 2 saturated heterocycles. The molecule has 1 aromatic carbocycles. The third-order valence-electron chi connectivity index (χ3n) is 6.47. The molecular weight excluding hydrogens is 540 g/mol. The Morgan fingerprint density at radius 2 is 1.77 bits per heavy atom. The smallest absolute Gasteiger partial charge is 0.305 e. The second-order valence-electron chi connectivity index (χ2n) is 9.23. The lowest BCUT2D eigenvalue weighted by Gasteiger charge is -2.43. The normalized spacial score (nSPS) is 19.7. The molecule has 4 amide bonds. The van der Waals surface area contributed by atoms with Crippen molar-refractivity contribution in [1.29, 1.82) is 0 Å². The number of benzene rings is 1. The third kappa shape index (κ3) is 7.00. The lowest BCUT2D eigenvalue weighted by atomic mass is 10.0. The SMILES string of the molecule is O=C(O)CC(NC(=O)C1CCCN2C(=O)CCC(NC(=O)c3ccccc3)C(=O)N12)C(=O)CSc1ncccn1. The van der Waals surface area contributed by atoms with E-state index in [1.54, 1.807) is 36.4 Å². The van der Waals surface area contributed by atoms with Crippen LogP contribution in [-0.4, -0.2) is 90.9 Å². The van der Waals surface area contributed by atoms with E-state index in [9.17, 15) is 33.9 Å². The number of hydrogen-bond donors (Lipinski definition) is 3. The summed E-state index contributed by atoms with van der Waals surface area (Å²) >= 11 is 0.999. The molecule has 210 valence electrons. The zero-order valence-electron chi connectivity index (χ0n) is 21.4. The molecule has 0 spiro atoms. The standard InChI is InChI=1S/C26H28N6O7S/c33-20(15-40-26-27-11-5-12-28-26)18(14-22(35)36)30-24(38)19-8-4-13-31-21(34)10-9-17(25(39)32(19)31)29-23(37)16-6-2-1-3-7-16/h1-3,5-7,11-12,17-19H,4,8-10,13-15H2,(H,29,37)(H,30,38)(H,35,36). The van der Waals surface area contributed by atoms with Gasteiger partial charge in [-0.15, -0.1) is 0 Å². The molecule has 2 aliphatic rings. The summed E-state index contributed by atoms with van der Waals surface area (Å²) in [7, 11) is 0. The van der Waals surface area contributed by atoms with Crippen molar-refractivity contribution in [3.8, 4) is 0 Å². The number of Topliss-reactive ketones (excluding diaryl/α,β-unsaturated/α-hetero) is 1. The molecule has 3 atom stereocenters. The number of nitrogens with zero attached hydrogens (tertiary/aromatic N) is 4. The number of carbonyl (C=O) groups excluding carboxylic acids is 5. The Balaban J connectivity index is 1.50. The van der Waals surface area contributed by atoms with Gasteiger partial charge in [0.15, 0.2) is 10.9 Å². The number of thioether (sulfide) groups is 1. The number of carboxylic acids is 1. The monoisotopic (exact) mass is 568 g/mol. The molecule has 2 fully saturated rings. The summed E-state index contributed by atoms with van der Waals surface area (Å²) < 4.78 is 0. The molecule has 2 aliphatic heterocycles. The highest BCUT2D eigenvalue weighted by Crippen LogP contribution is 2.25. The molecule has 1 aromatic heterocycles. The molecule has 3 N–H and O–H groups in total. The molecule has 14 heteroatoms. The Bertz CT molecular complexity index is 1280. The average molecular weight is 569 g/mol. The van der Waals surface area contributed by atoms with Crippen molar-refractivity contribution in [2.45, 2.75) is 55.4 Å². The van der Waals surface area contributed by atoms with Gasteiger partial charge in [-0.05, 0) is 37.5 Å². The van der Waals surface area contributed by atoms with Gasteiger partial charge in [0.25, 0.3) is 11.8 Å². The summed E-state index contributed by atoms with van der Waals surface area (Å²) in [5.41, 5.74) is 0.337. The first-order valence-corrected chi connectivity index (χ1v) is 13.7. The molecule has 2 aromatic rings. The molecule has 0 radical (unpaired) electrons. The van der Waals surface area contributed by atoms with Crippen LogP contribution in [0.1, 0.15) is 42.5 Å². The van der Waals surface area contributed by atoms with Crippen LogP contribution < -0.4 is 10.6 Å². The Morgan fingerprint density at radius 3 is 2.48 bits per heavy atom. The van der Waals surface area contributed by atoms with E-state index in [0.29, 0.717) is 17.1 Å². The van der Waals surface area contributed by atoms with Gasteiger partial charge in [0.2, 0.25) is 11.8 Å². The highest BCUT2D eigenvalue weighted by molar-refractivity contribution is 7.99. The van der Waals surface area contributed by atoms with Gasteiger partial charge >= 0.3 is 5.97 Å². The number of hydrazine groups is 1. The third-order valence-corrected chi connectivity index (χ3v) is 7.37. The number of carboxylic acid groups (broad SMARTS) is 1. The van der Waals surface area contributed by atoms with Gasteiger partial charge in [0.1, 0.15) is 12.1 Å². The van der Waals surface area contributed by atoms with Gasteiger partial charge in [-0.25, -0.2) is 15.0 Å². The molecule has 13 nitrogen and oxygen atoms in total. The molecule has 3 unspecified atom stereocenters. The predicted octanol–water partition coefficient (Wildman–Crippen LogP) is 0.424. The fourth-order valence-electron chi connectivity index (χ4n) is 4.52. The number of nitrogens with one attached hydrogen (secondary N) is 2. The Hall–Kier alpha value is -4.33. The minimum Gasteiger partial charge on any atom is -0.481 e. The van der Waals surface area contributed by atoms with Crippen LogP contribution in [0.2, 0.25) is 0 Å². The maximum Gasteiger partial charge on any atom is 0.305 e. The summed E-state index contributed by atoms with van der Waals surface area (Å²) in [6.45, 7) is 0.207. The summed E-state index contributed by atoms with van der Waals surface area (Å²) in [5.74, 6) is -4.31. The van der Waals surface area contributed by atoms with E-state index in [-0.39, 0.29) is 37.5 Å². The molecule has 40 heavy (non-hydrogen) atoms. The number of aliphatic carboxylic acids is 1. The summed E-state index contributed by atoms with van der Waals surface area (Å²) in [6, 6.07) is 6.29. The van der Waals surface area contributed by atoms with E-state index in [1.165, 1.54) is 17.4 Å². The lowest BCUT2D eigenvalue weighted by molar-refractivity contribution is -0.176. The van der Waals surface area contributed by atoms with Crippen LogP contribution >= 0.6 is 11.8 Å². The molecule has 3 heterocycles. The van der Waals surface area contributed by atoms with Crippen LogP contribution in [0.3, 0.4) is 0 Å². The van der Waals surface area contributed by atoms with Gasteiger partial charge in [0, 0.05) is 30.9 Å². The van der Waals surface area contributed by atoms with Crippen molar-refractivity contribution in [3.63, 3.8) is 0 Å². The van der Waals surface area contributed by atoms with Gasteiger partial charge in [-0.2, -0.15) is 0 Å². The van der Waals surface area contributed by atoms with E-state index in [0.717, 1.165) is 16.8 Å². The van der Waals surface area contributed by atoms with Gasteiger partial charge in [-0.1, -0.05) is 30.0 Å². The van der Waals surface area contributed by atoms with Crippen molar-refractivity contribution in [2.24, 2.45) is 0 Å². The van der Waals surface area contributed by atoms with Gasteiger partial charge < -0.3 is 15.7 Å². The van der Waals surface area contributed by atoms with Crippen LogP contribution in [0, 0.1) is 0 Å². The molecule has 0 saturated carbocycles. The maximum absolute atomic E-state index is 13.6. The van der Waals surface area contributed by atoms with E-state index in [4.69, 9.17) is 0 Å². The zero-order chi connectivity index (χ0) is 28.6. The van der Waals surface area contributed by atoms with Crippen molar-refractivity contribution < 1.29 is 33.9 Å². The number of hydrogen-bond acceptors (Lipinski definition) is 9. The second kappa shape index (κ2) is 13.2. The first kappa shape index (κ1) is 28.7. The molecule has 0 bridgehead atoms. The first-order chi connectivity index (χ1) is 19.2. The van der Waals surface area contributed by atoms with E-state index in [1.807, 2.05) is 0 Å². The van der Waals surface area contributed by atoms with Crippen LogP contribution in [0.4, 0.5) is 0 Å². The summed E-state index contributed by atoms with van der Waals surface area (Å²) in [4.78, 5) is 85.1. The summed E-state index contributed by atoms with van der Waals surface area (Å²) in [5, 5.41) is 17.1.